The Balaban J connectivity index is 2.38. The Hall–Kier alpha value is -1.94. The third-order valence-corrected chi connectivity index (χ3v) is 3.21. The first-order valence-electron chi connectivity index (χ1n) is 6.99. The second-order valence-electron chi connectivity index (χ2n) is 5.97. The van der Waals surface area contributed by atoms with Crippen molar-refractivity contribution >= 4 is 0 Å². The van der Waals surface area contributed by atoms with Gasteiger partial charge in [-0.05, 0) is 24.6 Å². The smallest absolute Gasteiger partial charge is 0.256 e. The zero-order valence-electron chi connectivity index (χ0n) is 12.9. The molecule has 112 valence electrons. The van der Waals surface area contributed by atoms with Gasteiger partial charge >= 0.3 is 0 Å². The molecule has 3 nitrogen and oxygen atoms in total. The van der Waals surface area contributed by atoms with Gasteiger partial charge in [-0.2, -0.15) is 0 Å². The number of hydrogen-bond acceptors (Lipinski definition) is 3. The summed E-state index contributed by atoms with van der Waals surface area (Å²) in [6.45, 7) is 6.72. The zero-order valence-corrected chi connectivity index (χ0v) is 12.9. The van der Waals surface area contributed by atoms with E-state index in [1.807, 2.05) is 24.3 Å². The fourth-order valence-electron chi connectivity index (χ4n) is 2.14. The highest BCUT2D eigenvalue weighted by Crippen LogP contribution is 2.34. The number of nitrogens with one attached hydrogen (secondary N) is 1. The first-order chi connectivity index (χ1) is 9.93. The van der Waals surface area contributed by atoms with Crippen LogP contribution < -0.4 is 10.1 Å². The fraction of sp³-hybridized carbons (Fsp3) is 0.353. The molecule has 0 bridgehead atoms. The van der Waals surface area contributed by atoms with Crippen LogP contribution in [0.3, 0.4) is 0 Å². The van der Waals surface area contributed by atoms with E-state index in [0.717, 1.165) is 5.56 Å². The molecule has 0 radical (unpaired) electrons. The largest absolute Gasteiger partial charge is 0.436 e. The number of rotatable bonds is 4. The quantitative estimate of drug-likeness (QED) is 0.922. The SMILES string of the molecule is CNCc1ccnc(Oc2ccccc2C(C)(C)C)c1F. The third-order valence-electron chi connectivity index (χ3n) is 3.21. The lowest BCUT2D eigenvalue weighted by Crippen LogP contribution is -2.13. The Kier molecular flexibility index (Phi) is 4.58. The van der Waals surface area contributed by atoms with E-state index in [9.17, 15) is 4.39 Å². The highest BCUT2D eigenvalue weighted by Gasteiger charge is 2.20. The van der Waals surface area contributed by atoms with Gasteiger partial charge in [0.25, 0.3) is 5.88 Å². The maximum atomic E-state index is 14.3. The molecule has 0 saturated carbocycles. The van der Waals surface area contributed by atoms with Crippen molar-refractivity contribution in [2.24, 2.45) is 0 Å². The molecule has 4 heteroatoms. The van der Waals surface area contributed by atoms with Crippen molar-refractivity contribution in [3.8, 4) is 11.6 Å². The van der Waals surface area contributed by atoms with Crippen LogP contribution in [0.2, 0.25) is 0 Å². The van der Waals surface area contributed by atoms with Crippen LogP contribution >= 0.6 is 0 Å². The summed E-state index contributed by atoms with van der Waals surface area (Å²) in [5.41, 5.74) is 1.47. The van der Waals surface area contributed by atoms with Crippen molar-refractivity contribution in [1.29, 1.82) is 0 Å². The molecule has 2 rings (SSSR count). The Morgan fingerprint density at radius 3 is 2.57 bits per heavy atom. The van der Waals surface area contributed by atoms with Gasteiger partial charge in [0.1, 0.15) is 5.75 Å². The number of halogens is 1. The summed E-state index contributed by atoms with van der Waals surface area (Å²) >= 11 is 0. The minimum Gasteiger partial charge on any atom is -0.436 e. The Morgan fingerprint density at radius 1 is 1.19 bits per heavy atom. The Labute approximate surface area is 125 Å². The second kappa shape index (κ2) is 6.22. The zero-order chi connectivity index (χ0) is 15.5. The number of para-hydroxylation sites is 1. The van der Waals surface area contributed by atoms with Gasteiger partial charge in [-0.15, -0.1) is 0 Å². The van der Waals surface area contributed by atoms with Gasteiger partial charge < -0.3 is 10.1 Å². The first kappa shape index (κ1) is 15.4. The summed E-state index contributed by atoms with van der Waals surface area (Å²) in [6, 6.07) is 9.31. The molecule has 1 heterocycles. The molecule has 0 saturated heterocycles. The lowest BCUT2D eigenvalue weighted by molar-refractivity contribution is 0.404. The molecule has 0 amide bonds. The number of nitrogens with zero attached hydrogens (tertiary/aromatic N) is 1. The molecule has 1 aromatic heterocycles. The maximum absolute atomic E-state index is 14.3. The molecule has 0 unspecified atom stereocenters. The van der Waals surface area contributed by atoms with Crippen molar-refractivity contribution in [2.45, 2.75) is 32.7 Å². The number of hydrogen-bond donors (Lipinski definition) is 1. The van der Waals surface area contributed by atoms with Crippen LogP contribution in [0.15, 0.2) is 36.5 Å². The van der Waals surface area contributed by atoms with E-state index in [1.54, 1.807) is 19.3 Å². The second-order valence-corrected chi connectivity index (χ2v) is 5.97. The lowest BCUT2D eigenvalue weighted by Gasteiger charge is -2.22. The van der Waals surface area contributed by atoms with Gasteiger partial charge in [0.15, 0.2) is 5.82 Å². The van der Waals surface area contributed by atoms with E-state index in [0.29, 0.717) is 17.9 Å². The van der Waals surface area contributed by atoms with Gasteiger partial charge in [0.05, 0.1) is 0 Å². The van der Waals surface area contributed by atoms with Gasteiger partial charge in [-0.1, -0.05) is 39.0 Å². The van der Waals surface area contributed by atoms with Crippen molar-refractivity contribution in [2.75, 3.05) is 7.05 Å². The van der Waals surface area contributed by atoms with Crippen LogP contribution in [0.4, 0.5) is 4.39 Å². The van der Waals surface area contributed by atoms with E-state index < -0.39 is 5.82 Å². The van der Waals surface area contributed by atoms with Crippen molar-refractivity contribution in [3.63, 3.8) is 0 Å². The normalized spacial score (nSPS) is 11.5. The highest BCUT2D eigenvalue weighted by molar-refractivity contribution is 5.41. The molecule has 0 aliphatic heterocycles. The standard InChI is InChI=1S/C17H21FN2O/c1-17(2,3)13-7-5-6-8-14(13)21-16-15(18)12(11-19-4)9-10-20-16/h5-10,19H,11H2,1-4H3. The summed E-state index contributed by atoms with van der Waals surface area (Å²) in [4.78, 5) is 4.01. The molecule has 0 aliphatic rings. The monoisotopic (exact) mass is 288 g/mol. The van der Waals surface area contributed by atoms with Crippen molar-refractivity contribution in [1.82, 2.24) is 10.3 Å². The van der Waals surface area contributed by atoms with Gasteiger partial charge in [0, 0.05) is 23.9 Å². The summed E-state index contributed by atoms with van der Waals surface area (Å²) in [5, 5.41) is 2.93. The van der Waals surface area contributed by atoms with Crippen LogP contribution in [0.1, 0.15) is 31.9 Å². The number of pyridine rings is 1. The van der Waals surface area contributed by atoms with Gasteiger partial charge in [0.2, 0.25) is 0 Å². The van der Waals surface area contributed by atoms with E-state index >= 15 is 0 Å². The predicted octanol–water partition coefficient (Wildman–Crippen LogP) is 4.03. The molecule has 0 fully saturated rings. The molecular formula is C17H21FN2O. The predicted molar refractivity (Wildman–Crippen MR) is 82.2 cm³/mol. The fourth-order valence-corrected chi connectivity index (χ4v) is 2.14. The summed E-state index contributed by atoms with van der Waals surface area (Å²) in [5.74, 6) is 0.230. The van der Waals surface area contributed by atoms with E-state index in [1.165, 1.54) is 0 Å². The van der Waals surface area contributed by atoms with Crippen LogP contribution in [0.5, 0.6) is 11.6 Å². The molecule has 0 atom stereocenters. The van der Waals surface area contributed by atoms with Crippen LogP contribution in [-0.4, -0.2) is 12.0 Å². The van der Waals surface area contributed by atoms with E-state index in [-0.39, 0.29) is 11.3 Å². The lowest BCUT2D eigenvalue weighted by atomic mass is 9.86. The van der Waals surface area contributed by atoms with Crippen molar-refractivity contribution in [3.05, 3.63) is 53.5 Å². The van der Waals surface area contributed by atoms with E-state index in [4.69, 9.17) is 4.74 Å². The average molecular weight is 288 g/mol. The van der Waals surface area contributed by atoms with Gasteiger partial charge in [-0.25, -0.2) is 9.37 Å². The highest BCUT2D eigenvalue weighted by atomic mass is 19.1. The maximum Gasteiger partial charge on any atom is 0.256 e. The van der Waals surface area contributed by atoms with Crippen molar-refractivity contribution < 1.29 is 9.13 Å². The average Bonchev–Trinajstić information content (AvgIpc) is 2.43. The molecule has 0 spiro atoms. The topological polar surface area (TPSA) is 34.2 Å². The molecular weight excluding hydrogens is 267 g/mol. The number of benzene rings is 1. The molecule has 21 heavy (non-hydrogen) atoms. The van der Waals surface area contributed by atoms with Crippen LogP contribution in [0.25, 0.3) is 0 Å². The molecule has 0 aliphatic carbocycles. The van der Waals surface area contributed by atoms with Crippen LogP contribution in [0, 0.1) is 5.82 Å². The van der Waals surface area contributed by atoms with Gasteiger partial charge in [-0.3, -0.25) is 0 Å². The van der Waals surface area contributed by atoms with Crippen LogP contribution in [-0.2, 0) is 12.0 Å². The molecule has 1 aromatic carbocycles. The third kappa shape index (κ3) is 3.58. The summed E-state index contributed by atoms with van der Waals surface area (Å²) in [7, 11) is 1.77. The Bertz CT molecular complexity index is 620. The Morgan fingerprint density at radius 2 is 1.90 bits per heavy atom. The first-order valence-corrected chi connectivity index (χ1v) is 6.99. The van der Waals surface area contributed by atoms with E-state index in [2.05, 4.69) is 31.1 Å². The minimum absolute atomic E-state index is 0.0134. The summed E-state index contributed by atoms with van der Waals surface area (Å²) in [6.07, 6.45) is 1.56. The minimum atomic E-state index is -0.421. The molecule has 1 N–H and O–H groups in total. The number of ether oxygens (including phenoxy) is 1. The number of aromatic nitrogens is 1. The summed E-state index contributed by atoms with van der Waals surface area (Å²) < 4.78 is 20.1. The molecule has 2 aromatic rings.